The van der Waals surface area contributed by atoms with Crippen molar-refractivity contribution in [1.29, 1.82) is 5.26 Å². The molecule has 21 heavy (non-hydrogen) atoms. The molecular weight excluding hydrogens is 262 g/mol. The summed E-state index contributed by atoms with van der Waals surface area (Å²) in [5.74, 6) is 0.735. The van der Waals surface area contributed by atoms with Gasteiger partial charge in [0.1, 0.15) is 5.75 Å². The summed E-state index contributed by atoms with van der Waals surface area (Å²) in [4.78, 5) is 12.5. The maximum Gasteiger partial charge on any atom is 0.165 e. The van der Waals surface area contributed by atoms with E-state index in [1.807, 2.05) is 30.3 Å². The van der Waals surface area contributed by atoms with E-state index < -0.39 is 0 Å². The van der Waals surface area contributed by atoms with Gasteiger partial charge in [-0.05, 0) is 18.2 Å². The van der Waals surface area contributed by atoms with Crippen LogP contribution in [0.3, 0.4) is 0 Å². The zero-order chi connectivity index (χ0) is 14.7. The van der Waals surface area contributed by atoms with E-state index in [0.29, 0.717) is 17.5 Å². The highest BCUT2D eigenvalue weighted by atomic mass is 16.5. The van der Waals surface area contributed by atoms with E-state index >= 15 is 0 Å². The smallest absolute Gasteiger partial charge is 0.165 e. The number of carbonyl (C=O) groups excluding carboxylic acids is 1. The normalized spacial score (nSPS) is 15.7. The van der Waals surface area contributed by atoms with Crippen molar-refractivity contribution in [1.82, 2.24) is 0 Å². The molecule has 1 aliphatic rings. The molecule has 2 aromatic carbocycles. The second kappa shape index (κ2) is 5.64. The number of hydrogen-bond acceptors (Lipinski definition) is 3. The topological polar surface area (TPSA) is 50.1 Å². The van der Waals surface area contributed by atoms with Gasteiger partial charge >= 0.3 is 0 Å². The highest BCUT2D eigenvalue weighted by Gasteiger charge is 2.21. The van der Waals surface area contributed by atoms with E-state index in [0.717, 1.165) is 11.3 Å². The SMILES string of the molecule is N#Cc1ccccc1C(=O)CC1C=COc2ccccc21. The number of Topliss-reactive ketones (excluding diaryl/α,β-unsaturated/α-hetero) is 1. The van der Waals surface area contributed by atoms with Crippen LogP contribution in [0.4, 0.5) is 0 Å². The summed E-state index contributed by atoms with van der Waals surface area (Å²) in [5, 5.41) is 9.09. The molecule has 0 radical (unpaired) electrons. The lowest BCUT2D eigenvalue weighted by Crippen LogP contribution is -2.11. The molecule has 0 saturated carbocycles. The molecule has 3 rings (SSSR count). The van der Waals surface area contributed by atoms with Gasteiger partial charge in [0.25, 0.3) is 0 Å². The number of allylic oxidation sites excluding steroid dienone is 1. The third-order valence-electron chi connectivity index (χ3n) is 3.58. The zero-order valence-corrected chi connectivity index (χ0v) is 11.3. The number of benzene rings is 2. The van der Waals surface area contributed by atoms with Crippen LogP contribution in [-0.2, 0) is 0 Å². The van der Waals surface area contributed by atoms with Crippen LogP contribution in [0.5, 0.6) is 5.75 Å². The molecule has 3 nitrogen and oxygen atoms in total. The van der Waals surface area contributed by atoms with Crippen LogP contribution in [0, 0.1) is 11.3 Å². The summed E-state index contributed by atoms with van der Waals surface area (Å²) in [6.45, 7) is 0. The zero-order valence-electron chi connectivity index (χ0n) is 11.3. The summed E-state index contributed by atoms with van der Waals surface area (Å²) in [5.41, 5.74) is 1.91. The molecule has 1 heterocycles. The summed E-state index contributed by atoms with van der Waals surface area (Å²) >= 11 is 0. The number of para-hydroxylation sites is 1. The van der Waals surface area contributed by atoms with Gasteiger partial charge in [0, 0.05) is 23.5 Å². The fourth-order valence-electron chi connectivity index (χ4n) is 2.52. The van der Waals surface area contributed by atoms with Crippen LogP contribution in [0.15, 0.2) is 60.9 Å². The molecule has 2 aromatic rings. The molecule has 102 valence electrons. The first-order chi connectivity index (χ1) is 10.3. The number of hydrogen-bond donors (Lipinski definition) is 0. The second-order valence-corrected chi connectivity index (χ2v) is 4.88. The molecule has 3 heteroatoms. The molecule has 0 saturated heterocycles. The maximum atomic E-state index is 12.5. The fraction of sp³-hybridized carbons (Fsp3) is 0.111. The molecule has 0 aromatic heterocycles. The fourth-order valence-corrected chi connectivity index (χ4v) is 2.52. The number of rotatable bonds is 3. The van der Waals surface area contributed by atoms with Crippen LogP contribution in [-0.4, -0.2) is 5.78 Å². The number of ether oxygens (including phenoxy) is 1. The van der Waals surface area contributed by atoms with Gasteiger partial charge in [-0.25, -0.2) is 0 Å². The van der Waals surface area contributed by atoms with Gasteiger partial charge < -0.3 is 4.74 Å². The monoisotopic (exact) mass is 275 g/mol. The van der Waals surface area contributed by atoms with Gasteiger partial charge in [-0.1, -0.05) is 36.4 Å². The summed E-state index contributed by atoms with van der Waals surface area (Å²) in [6, 6.07) is 16.7. The average molecular weight is 275 g/mol. The first kappa shape index (κ1) is 13.1. The quantitative estimate of drug-likeness (QED) is 0.800. The first-order valence-electron chi connectivity index (χ1n) is 6.74. The molecule has 0 bridgehead atoms. The number of nitrogens with zero attached hydrogens (tertiary/aromatic N) is 1. The highest BCUT2D eigenvalue weighted by Crippen LogP contribution is 2.34. The van der Waals surface area contributed by atoms with Crippen molar-refractivity contribution in [3.05, 3.63) is 77.6 Å². The van der Waals surface area contributed by atoms with Gasteiger partial charge in [-0.15, -0.1) is 0 Å². The Morgan fingerprint density at radius 3 is 2.76 bits per heavy atom. The largest absolute Gasteiger partial charge is 0.465 e. The Morgan fingerprint density at radius 1 is 1.14 bits per heavy atom. The Labute approximate surface area is 123 Å². The minimum Gasteiger partial charge on any atom is -0.465 e. The Kier molecular flexibility index (Phi) is 3.53. The molecule has 0 spiro atoms. The van der Waals surface area contributed by atoms with Gasteiger partial charge in [0.15, 0.2) is 5.78 Å². The molecule has 0 N–H and O–H groups in total. The number of fused-ring (bicyclic) bond motifs is 1. The molecule has 1 atom stereocenters. The lowest BCUT2D eigenvalue weighted by Gasteiger charge is -2.20. The molecule has 0 aliphatic carbocycles. The van der Waals surface area contributed by atoms with Gasteiger partial charge in [-0.2, -0.15) is 5.26 Å². The predicted octanol–water partition coefficient (Wildman–Crippen LogP) is 3.82. The average Bonchev–Trinajstić information content (AvgIpc) is 2.55. The molecule has 1 unspecified atom stereocenters. The Bertz CT molecular complexity index is 756. The standard InChI is InChI=1S/C18H13NO2/c19-12-14-5-1-2-6-15(14)17(20)11-13-9-10-21-18-8-4-3-7-16(13)18/h1-10,13H,11H2. The van der Waals surface area contributed by atoms with Crippen molar-refractivity contribution >= 4 is 5.78 Å². The predicted molar refractivity (Wildman–Crippen MR) is 79.1 cm³/mol. The van der Waals surface area contributed by atoms with Crippen molar-refractivity contribution < 1.29 is 9.53 Å². The van der Waals surface area contributed by atoms with Crippen LogP contribution in [0.2, 0.25) is 0 Å². The molecule has 0 amide bonds. The third kappa shape index (κ3) is 2.56. The van der Waals surface area contributed by atoms with Crippen molar-refractivity contribution in [2.45, 2.75) is 12.3 Å². The van der Waals surface area contributed by atoms with Crippen molar-refractivity contribution in [2.24, 2.45) is 0 Å². The van der Waals surface area contributed by atoms with E-state index in [-0.39, 0.29) is 11.7 Å². The second-order valence-electron chi connectivity index (χ2n) is 4.88. The van der Waals surface area contributed by atoms with Crippen LogP contribution < -0.4 is 4.74 Å². The van der Waals surface area contributed by atoms with Gasteiger partial charge in [0.2, 0.25) is 0 Å². The van der Waals surface area contributed by atoms with E-state index in [1.165, 1.54) is 0 Å². The first-order valence-corrected chi connectivity index (χ1v) is 6.74. The summed E-state index contributed by atoms with van der Waals surface area (Å²) in [7, 11) is 0. The van der Waals surface area contributed by atoms with E-state index in [4.69, 9.17) is 10.00 Å². The number of carbonyl (C=O) groups is 1. The van der Waals surface area contributed by atoms with Crippen LogP contribution >= 0.6 is 0 Å². The van der Waals surface area contributed by atoms with E-state index in [9.17, 15) is 4.79 Å². The van der Waals surface area contributed by atoms with Gasteiger partial charge in [-0.3, -0.25) is 4.79 Å². The summed E-state index contributed by atoms with van der Waals surface area (Å²) < 4.78 is 5.44. The maximum absolute atomic E-state index is 12.5. The summed E-state index contributed by atoms with van der Waals surface area (Å²) in [6.07, 6.45) is 3.83. The molecule has 0 fully saturated rings. The highest BCUT2D eigenvalue weighted by molar-refractivity contribution is 5.99. The van der Waals surface area contributed by atoms with Gasteiger partial charge in [0.05, 0.1) is 17.9 Å². The number of nitriles is 1. The van der Waals surface area contributed by atoms with E-state index in [2.05, 4.69) is 6.07 Å². The minimum atomic E-state index is -0.0292. The minimum absolute atomic E-state index is 0.0193. The van der Waals surface area contributed by atoms with Crippen molar-refractivity contribution in [2.75, 3.05) is 0 Å². The third-order valence-corrected chi connectivity index (χ3v) is 3.58. The Morgan fingerprint density at radius 2 is 1.90 bits per heavy atom. The molecule has 1 aliphatic heterocycles. The lowest BCUT2D eigenvalue weighted by atomic mass is 9.89. The lowest BCUT2D eigenvalue weighted by molar-refractivity contribution is 0.0977. The van der Waals surface area contributed by atoms with Crippen LogP contribution in [0.25, 0.3) is 0 Å². The van der Waals surface area contributed by atoms with Crippen molar-refractivity contribution in [3.63, 3.8) is 0 Å². The van der Waals surface area contributed by atoms with Crippen molar-refractivity contribution in [3.8, 4) is 11.8 Å². The van der Waals surface area contributed by atoms with Crippen LogP contribution in [0.1, 0.15) is 33.8 Å². The Hall–Kier alpha value is -2.86. The number of ketones is 1. The van der Waals surface area contributed by atoms with E-state index in [1.54, 1.807) is 30.5 Å². The Balaban J connectivity index is 1.87. The molecular formula is C18H13NO2.